The highest BCUT2D eigenvalue weighted by molar-refractivity contribution is 6.05. The summed E-state index contributed by atoms with van der Waals surface area (Å²) in [4.78, 5) is 41.9. The maximum absolute atomic E-state index is 12.5. The molecule has 0 aliphatic heterocycles. The second-order valence-electron chi connectivity index (χ2n) is 6.04. The molecule has 0 aliphatic carbocycles. The van der Waals surface area contributed by atoms with Crippen LogP contribution in [-0.2, 0) is 4.74 Å². The molecule has 4 heterocycles. The Morgan fingerprint density at radius 1 is 0.889 bits per heavy atom. The largest absolute Gasteiger partial charge is 0.386 e. The topological polar surface area (TPSA) is 94.9 Å². The number of nitrogens with zero attached hydrogens (tertiary/aromatic N) is 4. The molecule has 27 heavy (non-hydrogen) atoms. The van der Waals surface area contributed by atoms with Crippen LogP contribution in [-0.4, -0.2) is 31.9 Å². The first kappa shape index (κ1) is 16.7. The fraction of sp³-hybridized carbons (Fsp3) is 0.100. The van der Waals surface area contributed by atoms with Crippen molar-refractivity contribution in [2.45, 2.75) is 13.8 Å². The molecule has 4 rings (SSSR count). The van der Waals surface area contributed by atoms with Gasteiger partial charge in [0.15, 0.2) is 5.65 Å². The molecular formula is C20H14N4O3. The Kier molecular flexibility index (Phi) is 4.04. The summed E-state index contributed by atoms with van der Waals surface area (Å²) < 4.78 is 5.08. The Balaban J connectivity index is 1.66. The zero-order valence-electron chi connectivity index (χ0n) is 14.6. The van der Waals surface area contributed by atoms with E-state index < -0.39 is 11.9 Å². The molecule has 0 N–H and O–H groups in total. The van der Waals surface area contributed by atoms with Crippen LogP contribution in [0, 0.1) is 13.8 Å². The van der Waals surface area contributed by atoms with Crippen molar-refractivity contribution in [3.05, 3.63) is 71.4 Å². The van der Waals surface area contributed by atoms with Crippen molar-refractivity contribution in [2.75, 3.05) is 0 Å². The number of carbonyl (C=O) groups is 2. The van der Waals surface area contributed by atoms with Crippen LogP contribution in [0.1, 0.15) is 32.1 Å². The standard InChI is InChI=1S/C20H14N4O3/c1-11-16(9-14-10-21-7-5-17(14)23-11)20(26)27-19(25)15-8-13-4-3-6-22-18(13)24-12(15)2/h3-10H,1-2H3. The Hall–Kier alpha value is -3.74. The van der Waals surface area contributed by atoms with Crippen LogP contribution in [0.4, 0.5) is 0 Å². The van der Waals surface area contributed by atoms with Gasteiger partial charge in [-0.2, -0.15) is 0 Å². The molecule has 0 amide bonds. The molecular weight excluding hydrogens is 344 g/mol. The molecule has 0 radical (unpaired) electrons. The lowest BCUT2D eigenvalue weighted by molar-refractivity contribution is 0.0396. The zero-order valence-corrected chi connectivity index (χ0v) is 14.6. The molecule has 0 aromatic carbocycles. The van der Waals surface area contributed by atoms with Gasteiger partial charge in [-0.1, -0.05) is 0 Å². The highest BCUT2D eigenvalue weighted by Crippen LogP contribution is 2.19. The average Bonchev–Trinajstić information content (AvgIpc) is 2.66. The van der Waals surface area contributed by atoms with Gasteiger partial charge in [-0.05, 0) is 44.2 Å². The van der Waals surface area contributed by atoms with Gasteiger partial charge in [0, 0.05) is 29.4 Å². The molecule has 0 atom stereocenters. The minimum absolute atomic E-state index is 0.219. The van der Waals surface area contributed by atoms with Crippen LogP contribution in [0.5, 0.6) is 0 Å². The monoisotopic (exact) mass is 358 g/mol. The van der Waals surface area contributed by atoms with E-state index in [0.29, 0.717) is 33.3 Å². The van der Waals surface area contributed by atoms with E-state index in [1.165, 1.54) is 0 Å². The Morgan fingerprint density at radius 3 is 2.37 bits per heavy atom. The SMILES string of the molecule is Cc1nc2ccncc2cc1C(=O)OC(=O)c1cc2cccnc2nc1C. The van der Waals surface area contributed by atoms with Crippen molar-refractivity contribution in [2.24, 2.45) is 0 Å². The van der Waals surface area contributed by atoms with Gasteiger partial charge < -0.3 is 4.74 Å². The van der Waals surface area contributed by atoms with Gasteiger partial charge in [0.05, 0.1) is 28.0 Å². The number of aryl methyl sites for hydroxylation is 2. The summed E-state index contributed by atoms with van der Waals surface area (Å²) >= 11 is 0. The lowest BCUT2D eigenvalue weighted by atomic mass is 10.1. The molecule has 0 saturated heterocycles. The van der Waals surface area contributed by atoms with Crippen molar-refractivity contribution in [1.29, 1.82) is 0 Å². The van der Waals surface area contributed by atoms with E-state index in [4.69, 9.17) is 4.74 Å². The van der Waals surface area contributed by atoms with Crippen LogP contribution in [0.3, 0.4) is 0 Å². The molecule has 4 aromatic heterocycles. The predicted molar refractivity (Wildman–Crippen MR) is 98.3 cm³/mol. The van der Waals surface area contributed by atoms with Crippen LogP contribution in [0.15, 0.2) is 48.9 Å². The van der Waals surface area contributed by atoms with Gasteiger partial charge >= 0.3 is 11.9 Å². The third-order valence-electron chi connectivity index (χ3n) is 4.21. The number of pyridine rings is 4. The van der Waals surface area contributed by atoms with Crippen molar-refractivity contribution in [3.63, 3.8) is 0 Å². The number of aromatic nitrogens is 4. The molecule has 0 spiro atoms. The van der Waals surface area contributed by atoms with E-state index in [-0.39, 0.29) is 11.1 Å². The molecule has 4 aromatic rings. The maximum atomic E-state index is 12.5. The van der Waals surface area contributed by atoms with Gasteiger partial charge in [0.2, 0.25) is 0 Å². The third kappa shape index (κ3) is 3.10. The molecule has 0 fully saturated rings. The van der Waals surface area contributed by atoms with Crippen molar-refractivity contribution < 1.29 is 14.3 Å². The number of rotatable bonds is 2. The minimum Gasteiger partial charge on any atom is -0.386 e. The molecule has 0 bridgehead atoms. The number of carbonyl (C=O) groups excluding carboxylic acids is 2. The molecule has 0 unspecified atom stereocenters. The zero-order chi connectivity index (χ0) is 19.0. The fourth-order valence-electron chi connectivity index (χ4n) is 2.82. The van der Waals surface area contributed by atoms with Crippen molar-refractivity contribution >= 4 is 33.9 Å². The van der Waals surface area contributed by atoms with E-state index in [9.17, 15) is 9.59 Å². The van der Waals surface area contributed by atoms with Gasteiger partial charge in [0.25, 0.3) is 0 Å². The van der Waals surface area contributed by atoms with E-state index in [1.807, 2.05) is 0 Å². The minimum atomic E-state index is -0.763. The van der Waals surface area contributed by atoms with Crippen LogP contribution in [0.2, 0.25) is 0 Å². The van der Waals surface area contributed by atoms with Crippen LogP contribution < -0.4 is 0 Å². The second-order valence-corrected chi connectivity index (χ2v) is 6.04. The molecule has 132 valence electrons. The highest BCUT2D eigenvalue weighted by Gasteiger charge is 2.20. The summed E-state index contributed by atoms with van der Waals surface area (Å²) in [6, 6.07) is 8.53. The van der Waals surface area contributed by atoms with E-state index in [2.05, 4.69) is 19.9 Å². The second kappa shape index (κ2) is 6.53. The normalized spacial score (nSPS) is 10.9. The van der Waals surface area contributed by atoms with Crippen molar-refractivity contribution in [3.8, 4) is 0 Å². The van der Waals surface area contributed by atoms with Crippen LogP contribution in [0.25, 0.3) is 21.9 Å². The summed E-state index contributed by atoms with van der Waals surface area (Å²) in [5.41, 5.74) is 2.60. The summed E-state index contributed by atoms with van der Waals surface area (Å²) in [6.45, 7) is 3.36. The molecule has 7 heteroatoms. The number of hydrogen-bond donors (Lipinski definition) is 0. The Bertz CT molecular complexity index is 1130. The average molecular weight is 358 g/mol. The molecule has 7 nitrogen and oxygen atoms in total. The number of esters is 2. The summed E-state index contributed by atoms with van der Waals surface area (Å²) in [5, 5.41) is 1.38. The lowest BCUT2D eigenvalue weighted by Crippen LogP contribution is -2.16. The van der Waals surface area contributed by atoms with Gasteiger partial charge in [-0.25, -0.2) is 19.6 Å². The Labute approximate surface area is 154 Å². The molecule has 0 aliphatic rings. The fourth-order valence-corrected chi connectivity index (χ4v) is 2.82. The lowest BCUT2D eigenvalue weighted by Gasteiger charge is -2.08. The van der Waals surface area contributed by atoms with Crippen LogP contribution >= 0.6 is 0 Å². The molecule has 0 saturated carbocycles. The first-order valence-corrected chi connectivity index (χ1v) is 8.23. The van der Waals surface area contributed by atoms with E-state index in [1.54, 1.807) is 62.8 Å². The summed E-state index contributed by atoms with van der Waals surface area (Å²) in [6.07, 6.45) is 4.85. The number of fused-ring (bicyclic) bond motifs is 2. The Morgan fingerprint density at radius 2 is 1.59 bits per heavy atom. The van der Waals surface area contributed by atoms with Crippen molar-refractivity contribution in [1.82, 2.24) is 19.9 Å². The third-order valence-corrected chi connectivity index (χ3v) is 4.21. The number of ether oxygens (including phenoxy) is 1. The predicted octanol–water partition coefficient (Wildman–Crippen LogP) is 3.19. The van der Waals surface area contributed by atoms with Gasteiger partial charge in [0.1, 0.15) is 0 Å². The highest BCUT2D eigenvalue weighted by atomic mass is 16.6. The first-order chi connectivity index (χ1) is 13.0. The maximum Gasteiger partial charge on any atom is 0.347 e. The van der Waals surface area contributed by atoms with Gasteiger partial charge in [-0.3, -0.25) is 9.97 Å². The van der Waals surface area contributed by atoms with Gasteiger partial charge in [-0.15, -0.1) is 0 Å². The smallest absolute Gasteiger partial charge is 0.347 e. The van der Waals surface area contributed by atoms with E-state index in [0.717, 1.165) is 0 Å². The quantitative estimate of drug-likeness (QED) is 0.401. The first-order valence-electron chi connectivity index (χ1n) is 8.23. The number of hydrogen-bond acceptors (Lipinski definition) is 7. The van der Waals surface area contributed by atoms with E-state index >= 15 is 0 Å². The summed E-state index contributed by atoms with van der Waals surface area (Å²) in [7, 11) is 0. The summed E-state index contributed by atoms with van der Waals surface area (Å²) in [5.74, 6) is -1.53.